The quantitative estimate of drug-likeness (QED) is 0.514. The van der Waals surface area contributed by atoms with Gasteiger partial charge in [-0.05, 0) is 29.3 Å². The molecular formula is C17H13F2N3OS2. The molecule has 0 spiro atoms. The van der Waals surface area contributed by atoms with Gasteiger partial charge in [-0.25, -0.2) is 8.78 Å². The Hall–Kier alpha value is -2.32. The molecule has 1 aromatic heterocycles. The minimum Gasteiger partial charge on any atom is -0.300 e. The lowest BCUT2D eigenvalue weighted by Gasteiger charge is -2.01. The molecule has 0 radical (unpaired) electrons. The van der Waals surface area contributed by atoms with Crippen LogP contribution in [0.15, 0.2) is 52.9 Å². The zero-order chi connectivity index (χ0) is 17.6. The number of halogens is 2. The highest BCUT2D eigenvalue weighted by Gasteiger charge is 2.10. The van der Waals surface area contributed by atoms with Crippen LogP contribution in [0.1, 0.15) is 11.1 Å². The maximum atomic E-state index is 13.6. The molecule has 1 N–H and O–H groups in total. The van der Waals surface area contributed by atoms with Crippen LogP contribution < -0.4 is 5.32 Å². The monoisotopic (exact) mass is 377 g/mol. The highest BCUT2D eigenvalue weighted by atomic mass is 32.2. The van der Waals surface area contributed by atoms with E-state index in [-0.39, 0.29) is 24.0 Å². The van der Waals surface area contributed by atoms with E-state index >= 15 is 0 Å². The van der Waals surface area contributed by atoms with Crippen LogP contribution in [-0.4, -0.2) is 16.1 Å². The Kier molecular flexibility index (Phi) is 5.72. The van der Waals surface area contributed by atoms with Crippen molar-refractivity contribution in [3.05, 3.63) is 71.3 Å². The molecule has 8 heteroatoms. The van der Waals surface area contributed by atoms with Gasteiger partial charge in [0.25, 0.3) is 0 Å². The molecule has 0 bridgehead atoms. The Labute approximate surface area is 151 Å². The molecule has 0 saturated carbocycles. The van der Waals surface area contributed by atoms with Gasteiger partial charge in [0.2, 0.25) is 11.0 Å². The van der Waals surface area contributed by atoms with Crippen molar-refractivity contribution in [3.8, 4) is 0 Å². The molecular weight excluding hydrogens is 364 g/mol. The van der Waals surface area contributed by atoms with Crippen LogP contribution >= 0.6 is 23.1 Å². The second-order valence-electron chi connectivity index (χ2n) is 5.10. The van der Waals surface area contributed by atoms with E-state index in [2.05, 4.69) is 15.5 Å². The summed E-state index contributed by atoms with van der Waals surface area (Å²) in [5, 5.41) is 10.9. The van der Waals surface area contributed by atoms with Crippen molar-refractivity contribution < 1.29 is 13.6 Å². The van der Waals surface area contributed by atoms with Crippen molar-refractivity contribution in [1.82, 2.24) is 10.2 Å². The molecule has 2 aromatic carbocycles. The van der Waals surface area contributed by atoms with Gasteiger partial charge in [0, 0.05) is 5.75 Å². The lowest BCUT2D eigenvalue weighted by atomic mass is 10.1. The summed E-state index contributed by atoms with van der Waals surface area (Å²) < 4.78 is 27.1. The van der Waals surface area contributed by atoms with Gasteiger partial charge in [0.05, 0.1) is 6.42 Å². The number of rotatable bonds is 6. The normalized spacial score (nSPS) is 10.6. The van der Waals surface area contributed by atoms with Gasteiger partial charge in [-0.15, -0.1) is 10.2 Å². The summed E-state index contributed by atoms with van der Waals surface area (Å²) in [5.74, 6) is -0.421. The molecule has 0 aliphatic carbocycles. The molecule has 0 aliphatic rings. The maximum Gasteiger partial charge on any atom is 0.230 e. The van der Waals surface area contributed by atoms with E-state index in [0.717, 1.165) is 0 Å². The fourth-order valence-electron chi connectivity index (χ4n) is 2.02. The lowest BCUT2D eigenvalue weighted by Crippen LogP contribution is -2.14. The zero-order valence-electron chi connectivity index (χ0n) is 12.9. The molecule has 3 rings (SSSR count). The van der Waals surface area contributed by atoms with Crippen molar-refractivity contribution in [2.75, 3.05) is 5.32 Å². The largest absolute Gasteiger partial charge is 0.300 e. The highest BCUT2D eigenvalue weighted by molar-refractivity contribution is 8.00. The van der Waals surface area contributed by atoms with E-state index in [9.17, 15) is 13.6 Å². The summed E-state index contributed by atoms with van der Waals surface area (Å²) in [4.78, 5) is 12.0. The zero-order valence-corrected chi connectivity index (χ0v) is 14.5. The summed E-state index contributed by atoms with van der Waals surface area (Å²) in [6.07, 6.45) is 0.123. The molecule has 1 heterocycles. The molecule has 25 heavy (non-hydrogen) atoms. The molecule has 0 fully saturated rings. The van der Waals surface area contributed by atoms with Gasteiger partial charge in [-0.1, -0.05) is 53.4 Å². The molecule has 0 saturated heterocycles. The SMILES string of the molecule is O=C(Cc1ccc(F)cc1)Nc1nnc(SCc2ccccc2F)s1. The molecule has 0 atom stereocenters. The second-order valence-corrected chi connectivity index (χ2v) is 7.30. The van der Waals surface area contributed by atoms with E-state index in [1.807, 2.05) is 0 Å². The summed E-state index contributed by atoms with van der Waals surface area (Å²) in [7, 11) is 0. The first-order valence-electron chi connectivity index (χ1n) is 7.34. The first-order chi connectivity index (χ1) is 12.1. The first kappa shape index (κ1) is 17.5. The van der Waals surface area contributed by atoms with Gasteiger partial charge in [-0.2, -0.15) is 0 Å². The maximum absolute atomic E-state index is 13.6. The Morgan fingerprint density at radius 1 is 1.08 bits per heavy atom. The van der Waals surface area contributed by atoms with Crippen LogP contribution in [0.4, 0.5) is 13.9 Å². The number of carbonyl (C=O) groups is 1. The second kappa shape index (κ2) is 8.17. The lowest BCUT2D eigenvalue weighted by molar-refractivity contribution is -0.115. The number of hydrogen-bond donors (Lipinski definition) is 1. The Bertz CT molecular complexity index is 868. The van der Waals surface area contributed by atoms with Crippen LogP contribution in [-0.2, 0) is 17.0 Å². The van der Waals surface area contributed by atoms with Crippen LogP contribution in [0.5, 0.6) is 0 Å². The van der Waals surface area contributed by atoms with Gasteiger partial charge in [0.15, 0.2) is 4.34 Å². The third kappa shape index (κ3) is 5.07. The van der Waals surface area contributed by atoms with E-state index in [1.54, 1.807) is 30.3 Å². The number of aromatic nitrogens is 2. The van der Waals surface area contributed by atoms with Gasteiger partial charge >= 0.3 is 0 Å². The molecule has 128 valence electrons. The highest BCUT2D eigenvalue weighted by Crippen LogP contribution is 2.29. The van der Waals surface area contributed by atoms with Crippen LogP contribution in [0.3, 0.4) is 0 Å². The fourth-order valence-corrected chi connectivity index (χ4v) is 3.78. The van der Waals surface area contributed by atoms with Crippen LogP contribution in [0, 0.1) is 11.6 Å². The Balaban J connectivity index is 1.53. The standard InChI is InChI=1S/C17H13F2N3OS2/c18-13-7-5-11(6-8-13)9-15(23)20-16-21-22-17(25-16)24-10-12-3-1-2-4-14(12)19/h1-8H,9-10H2,(H,20,21,23). The number of hydrogen-bond acceptors (Lipinski definition) is 5. The number of amides is 1. The number of anilines is 1. The molecule has 0 unspecified atom stereocenters. The van der Waals surface area contributed by atoms with Gasteiger partial charge < -0.3 is 5.32 Å². The predicted molar refractivity (Wildman–Crippen MR) is 94.6 cm³/mol. The van der Waals surface area contributed by atoms with Crippen LogP contribution in [0.25, 0.3) is 0 Å². The smallest absolute Gasteiger partial charge is 0.230 e. The molecule has 1 amide bonds. The van der Waals surface area contributed by atoms with Crippen LogP contribution in [0.2, 0.25) is 0 Å². The van der Waals surface area contributed by atoms with Gasteiger partial charge in [-0.3, -0.25) is 4.79 Å². The molecule has 3 aromatic rings. The third-order valence-electron chi connectivity index (χ3n) is 3.24. The predicted octanol–water partition coefficient (Wildman–Crippen LogP) is 4.29. The molecule has 0 aliphatic heterocycles. The van der Waals surface area contributed by atoms with Crippen molar-refractivity contribution in [2.45, 2.75) is 16.5 Å². The van der Waals surface area contributed by atoms with E-state index in [4.69, 9.17) is 0 Å². The van der Waals surface area contributed by atoms with E-state index in [0.29, 0.717) is 26.4 Å². The number of nitrogens with one attached hydrogen (secondary N) is 1. The summed E-state index contributed by atoms with van der Waals surface area (Å²) in [6, 6.07) is 12.3. The van der Waals surface area contributed by atoms with Crippen molar-refractivity contribution in [3.63, 3.8) is 0 Å². The number of carbonyl (C=O) groups excluding carboxylic acids is 1. The van der Waals surface area contributed by atoms with Crippen molar-refractivity contribution in [1.29, 1.82) is 0 Å². The van der Waals surface area contributed by atoms with Crippen molar-refractivity contribution in [2.24, 2.45) is 0 Å². The Morgan fingerprint density at radius 3 is 2.60 bits per heavy atom. The van der Waals surface area contributed by atoms with Crippen molar-refractivity contribution >= 4 is 34.1 Å². The fraction of sp³-hybridized carbons (Fsp3) is 0.118. The average Bonchev–Trinajstić information content (AvgIpc) is 3.03. The number of nitrogens with zero attached hydrogens (tertiary/aromatic N) is 2. The van der Waals surface area contributed by atoms with Gasteiger partial charge in [0.1, 0.15) is 11.6 Å². The van der Waals surface area contributed by atoms with E-state index in [1.165, 1.54) is 41.3 Å². The Morgan fingerprint density at radius 2 is 1.84 bits per heavy atom. The summed E-state index contributed by atoms with van der Waals surface area (Å²) in [5.41, 5.74) is 1.29. The average molecular weight is 377 g/mol. The number of thioether (sulfide) groups is 1. The minimum atomic E-state index is -0.343. The number of benzene rings is 2. The summed E-state index contributed by atoms with van der Waals surface area (Å²) in [6.45, 7) is 0. The minimum absolute atomic E-state index is 0.123. The first-order valence-corrected chi connectivity index (χ1v) is 9.14. The summed E-state index contributed by atoms with van der Waals surface area (Å²) >= 11 is 2.58. The third-order valence-corrected chi connectivity index (χ3v) is 5.26. The molecule has 4 nitrogen and oxygen atoms in total. The van der Waals surface area contributed by atoms with E-state index < -0.39 is 0 Å². The topological polar surface area (TPSA) is 54.9 Å².